The van der Waals surface area contributed by atoms with Crippen molar-refractivity contribution >= 4 is 17.6 Å². The van der Waals surface area contributed by atoms with Crippen molar-refractivity contribution < 1.29 is 23.8 Å². The van der Waals surface area contributed by atoms with Gasteiger partial charge in [-0.2, -0.15) is 0 Å². The van der Waals surface area contributed by atoms with E-state index in [0.717, 1.165) is 5.56 Å². The van der Waals surface area contributed by atoms with Gasteiger partial charge in [-0.3, -0.25) is 4.79 Å². The van der Waals surface area contributed by atoms with Gasteiger partial charge in [0.15, 0.2) is 11.5 Å². The van der Waals surface area contributed by atoms with Crippen LogP contribution in [0.4, 0.5) is 10.5 Å². The standard InChI is InChI=1S/C27H29N3O5/c1-33-22-11-7-10-21(17-22)28-27(32)29-14-15-30(23(18-29)19-8-5-4-6-9-19)26(31)20-12-13-24(34-2)25(16-20)35-3/h4-13,16-17,23H,14-15,18H2,1-3H3,(H,28,32). The first-order valence-corrected chi connectivity index (χ1v) is 11.3. The summed E-state index contributed by atoms with van der Waals surface area (Å²) < 4.78 is 15.9. The maximum absolute atomic E-state index is 13.6. The first-order chi connectivity index (χ1) is 17.0. The van der Waals surface area contributed by atoms with Gasteiger partial charge in [0.05, 0.1) is 27.4 Å². The molecule has 0 aliphatic carbocycles. The fourth-order valence-electron chi connectivity index (χ4n) is 4.21. The summed E-state index contributed by atoms with van der Waals surface area (Å²) in [5.74, 6) is 1.58. The Kier molecular flexibility index (Phi) is 7.40. The number of methoxy groups -OCH3 is 3. The van der Waals surface area contributed by atoms with Gasteiger partial charge in [-0.1, -0.05) is 36.4 Å². The van der Waals surface area contributed by atoms with E-state index in [2.05, 4.69) is 5.32 Å². The van der Waals surface area contributed by atoms with Gasteiger partial charge in [0.1, 0.15) is 5.75 Å². The number of benzene rings is 3. The van der Waals surface area contributed by atoms with Crippen molar-refractivity contribution in [3.05, 3.63) is 83.9 Å². The lowest BCUT2D eigenvalue weighted by atomic mass is 10.0. The molecule has 3 aromatic carbocycles. The zero-order valence-electron chi connectivity index (χ0n) is 20.1. The van der Waals surface area contributed by atoms with Gasteiger partial charge < -0.3 is 29.3 Å². The molecule has 1 aliphatic heterocycles. The Morgan fingerprint density at radius 2 is 1.60 bits per heavy atom. The number of carbonyl (C=O) groups is 2. The molecular weight excluding hydrogens is 446 g/mol. The van der Waals surface area contributed by atoms with E-state index in [4.69, 9.17) is 14.2 Å². The van der Waals surface area contributed by atoms with Crippen LogP contribution in [-0.4, -0.2) is 62.7 Å². The van der Waals surface area contributed by atoms with Crippen LogP contribution >= 0.6 is 0 Å². The van der Waals surface area contributed by atoms with E-state index in [9.17, 15) is 9.59 Å². The highest BCUT2D eigenvalue weighted by Gasteiger charge is 2.34. The van der Waals surface area contributed by atoms with Crippen LogP contribution in [0.2, 0.25) is 0 Å². The van der Waals surface area contributed by atoms with Gasteiger partial charge in [-0.25, -0.2) is 4.79 Å². The Bertz CT molecular complexity index is 1180. The first kappa shape index (κ1) is 23.9. The van der Waals surface area contributed by atoms with Crippen LogP contribution in [0.3, 0.4) is 0 Å². The monoisotopic (exact) mass is 475 g/mol. The highest BCUT2D eigenvalue weighted by atomic mass is 16.5. The highest BCUT2D eigenvalue weighted by molar-refractivity contribution is 5.96. The van der Waals surface area contributed by atoms with Crippen molar-refractivity contribution in [1.29, 1.82) is 0 Å². The van der Waals surface area contributed by atoms with Crippen LogP contribution in [-0.2, 0) is 0 Å². The number of hydrogen-bond donors (Lipinski definition) is 1. The summed E-state index contributed by atoms with van der Waals surface area (Å²) in [6, 6.07) is 21.6. The van der Waals surface area contributed by atoms with Crippen molar-refractivity contribution in [2.24, 2.45) is 0 Å². The lowest BCUT2D eigenvalue weighted by Gasteiger charge is -2.41. The Morgan fingerprint density at radius 3 is 2.31 bits per heavy atom. The minimum atomic E-state index is -0.304. The third kappa shape index (κ3) is 5.32. The summed E-state index contributed by atoms with van der Waals surface area (Å²) in [6.45, 7) is 1.15. The molecule has 1 atom stereocenters. The Morgan fingerprint density at radius 1 is 0.829 bits per heavy atom. The van der Waals surface area contributed by atoms with E-state index in [1.165, 1.54) is 0 Å². The second kappa shape index (κ2) is 10.8. The summed E-state index contributed by atoms with van der Waals surface area (Å²) >= 11 is 0. The highest BCUT2D eigenvalue weighted by Crippen LogP contribution is 2.31. The van der Waals surface area contributed by atoms with E-state index in [1.807, 2.05) is 53.4 Å². The number of nitrogens with one attached hydrogen (secondary N) is 1. The molecule has 1 N–H and O–H groups in total. The third-order valence-electron chi connectivity index (χ3n) is 6.06. The van der Waals surface area contributed by atoms with Gasteiger partial charge in [-0.15, -0.1) is 0 Å². The second-order valence-corrected chi connectivity index (χ2v) is 8.10. The zero-order valence-corrected chi connectivity index (χ0v) is 20.1. The fourth-order valence-corrected chi connectivity index (χ4v) is 4.21. The van der Waals surface area contributed by atoms with E-state index >= 15 is 0 Å². The molecule has 0 radical (unpaired) electrons. The lowest BCUT2D eigenvalue weighted by Crippen LogP contribution is -2.53. The number of urea groups is 1. The molecule has 1 unspecified atom stereocenters. The summed E-state index contributed by atoms with van der Waals surface area (Å²) in [5.41, 5.74) is 2.10. The smallest absolute Gasteiger partial charge is 0.321 e. The van der Waals surface area contributed by atoms with Gasteiger partial charge in [0.2, 0.25) is 0 Å². The molecule has 0 aromatic heterocycles. The molecule has 0 saturated carbocycles. The number of carbonyl (C=O) groups excluding carboxylic acids is 2. The number of amides is 3. The van der Waals surface area contributed by atoms with Crippen LogP contribution in [0.15, 0.2) is 72.8 Å². The summed E-state index contributed by atoms with van der Waals surface area (Å²) in [7, 11) is 4.68. The largest absolute Gasteiger partial charge is 0.497 e. The second-order valence-electron chi connectivity index (χ2n) is 8.10. The summed E-state index contributed by atoms with van der Waals surface area (Å²) in [6.07, 6.45) is 0. The fraction of sp³-hybridized carbons (Fsp3) is 0.259. The molecular formula is C27H29N3O5. The van der Waals surface area contributed by atoms with Gasteiger partial charge >= 0.3 is 6.03 Å². The maximum atomic E-state index is 13.6. The lowest BCUT2D eigenvalue weighted by molar-refractivity contribution is 0.0516. The average molecular weight is 476 g/mol. The summed E-state index contributed by atoms with van der Waals surface area (Å²) in [5, 5.41) is 2.93. The Hall–Kier alpha value is -4.20. The van der Waals surface area contributed by atoms with E-state index in [0.29, 0.717) is 48.1 Å². The van der Waals surface area contributed by atoms with Crippen LogP contribution < -0.4 is 19.5 Å². The molecule has 35 heavy (non-hydrogen) atoms. The SMILES string of the molecule is COc1cccc(NC(=O)N2CCN(C(=O)c3ccc(OC)c(OC)c3)C(c3ccccc3)C2)c1. The van der Waals surface area contributed by atoms with Gasteiger partial charge in [0, 0.05) is 37.0 Å². The van der Waals surface area contributed by atoms with Crippen molar-refractivity contribution in [2.75, 3.05) is 46.3 Å². The zero-order chi connectivity index (χ0) is 24.8. The molecule has 3 amide bonds. The normalized spacial score (nSPS) is 15.3. The molecule has 1 heterocycles. The van der Waals surface area contributed by atoms with E-state index < -0.39 is 0 Å². The third-order valence-corrected chi connectivity index (χ3v) is 6.06. The van der Waals surface area contributed by atoms with Gasteiger partial charge in [-0.05, 0) is 35.9 Å². The Balaban J connectivity index is 1.57. The topological polar surface area (TPSA) is 80.3 Å². The van der Waals surface area contributed by atoms with Crippen LogP contribution in [0.5, 0.6) is 17.2 Å². The molecule has 8 heteroatoms. The number of ether oxygens (including phenoxy) is 3. The molecule has 3 aromatic rings. The van der Waals surface area contributed by atoms with Crippen molar-refractivity contribution in [1.82, 2.24) is 9.80 Å². The average Bonchev–Trinajstić information content (AvgIpc) is 2.92. The molecule has 8 nitrogen and oxygen atoms in total. The predicted molar refractivity (Wildman–Crippen MR) is 133 cm³/mol. The number of rotatable bonds is 6. The van der Waals surface area contributed by atoms with Crippen LogP contribution in [0.25, 0.3) is 0 Å². The molecule has 1 saturated heterocycles. The molecule has 1 fully saturated rings. The molecule has 182 valence electrons. The number of nitrogens with zero attached hydrogens (tertiary/aromatic N) is 2. The van der Waals surface area contributed by atoms with Crippen molar-refractivity contribution in [3.8, 4) is 17.2 Å². The number of hydrogen-bond acceptors (Lipinski definition) is 5. The van der Waals surface area contributed by atoms with E-state index in [1.54, 1.807) is 50.5 Å². The predicted octanol–water partition coefficient (Wildman–Crippen LogP) is 4.44. The van der Waals surface area contributed by atoms with Crippen molar-refractivity contribution in [3.63, 3.8) is 0 Å². The number of anilines is 1. The minimum absolute atomic E-state index is 0.132. The number of piperazine rings is 1. The van der Waals surface area contributed by atoms with E-state index in [-0.39, 0.29) is 18.0 Å². The van der Waals surface area contributed by atoms with Crippen LogP contribution in [0, 0.1) is 0 Å². The summed E-state index contributed by atoms with van der Waals surface area (Å²) in [4.78, 5) is 30.2. The maximum Gasteiger partial charge on any atom is 0.321 e. The minimum Gasteiger partial charge on any atom is -0.497 e. The quantitative estimate of drug-likeness (QED) is 0.570. The van der Waals surface area contributed by atoms with Crippen LogP contribution in [0.1, 0.15) is 22.0 Å². The Labute approximate surface area is 205 Å². The van der Waals surface area contributed by atoms with Crippen molar-refractivity contribution in [2.45, 2.75) is 6.04 Å². The first-order valence-electron chi connectivity index (χ1n) is 11.3. The molecule has 0 spiro atoms. The molecule has 1 aliphatic rings. The molecule has 4 rings (SSSR count). The molecule has 0 bridgehead atoms. The van der Waals surface area contributed by atoms with Gasteiger partial charge in [0.25, 0.3) is 5.91 Å².